The number of carbonyl (C=O) groups is 1. The maximum atomic E-state index is 11.9. The van der Waals surface area contributed by atoms with Crippen molar-refractivity contribution in [2.45, 2.75) is 18.1 Å². The summed E-state index contributed by atoms with van der Waals surface area (Å²) in [7, 11) is 0. The second-order valence-corrected chi connectivity index (χ2v) is 6.33. The molecule has 8 heteroatoms. The molecule has 2 aromatic heterocycles. The number of pyridine rings is 1. The van der Waals surface area contributed by atoms with Crippen LogP contribution in [0.1, 0.15) is 12.0 Å². The summed E-state index contributed by atoms with van der Waals surface area (Å²) in [6.07, 6.45) is 3.73. The minimum Gasteiger partial charge on any atom is -0.352 e. The molecule has 0 bridgehead atoms. The second-order valence-electron chi connectivity index (χ2n) is 5.27. The molecule has 0 atom stereocenters. The van der Waals surface area contributed by atoms with Gasteiger partial charge in [-0.25, -0.2) is 4.68 Å². The molecule has 25 heavy (non-hydrogen) atoms. The van der Waals surface area contributed by atoms with Crippen molar-refractivity contribution in [2.24, 2.45) is 0 Å². The number of amides is 1. The molecule has 0 saturated carbocycles. The molecule has 0 fully saturated rings. The smallest absolute Gasteiger partial charge is 0.221 e. The van der Waals surface area contributed by atoms with Gasteiger partial charge in [-0.1, -0.05) is 42.1 Å². The van der Waals surface area contributed by atoms with Crippen molar-refractivity contribution < 1.29 is 4.79 Å². The van der Waals surface area contributed by atoms with Crippen LogP contribution in [0.4, 0.5) is 0 Å². The first kappa shape index (κ1) is 17.0. The molecule has 0 aliphatic rings. The van der Waals surface area contributed by atoms with Crippen molar-refractivity contribution in [3.63, 3.8) is 0 Å². The third kappa shape index (κ3) is 4.57. The van der Waals surface area contributed by atoms with Gasteiger partial charge in [0.1, 0.15) is 0 Å². The number of thioether (sulfide) groups is 1. The number of nitrogens with one attached hydrogen (secondary N) is 1. The number of nitrogens with two attached hydrogens (primary N) is 1. The fourth-order valence-corrected chi connectivity index (χ4v) is 2.99. The summed E-state index contributed by atoms with van der Waals surface area (Å²) in [6, 6.07) is 13.4. The molecule has 0 aliphatic carbocycles. The van der Waals surface area contributed by atoms with Crippen LogP contribution in [0.25, 0.3) is 11.4 Å². The predicted molar refractivity (Wildman–Crippen MR) is 97.0 cm³/mol. The SMILES string of the molecule is Nn1c(SCCC(=O)NCc2ccccc2)nnc1-c1ccncc1. The highest BCUT2D eigenvalue weighted by atomic mass is 32.2. The van der Waals surface area contributed by atoms with Gasteiger partial charge >= 0.3 is 0 Å². The molecule has 3 rings (SSSR count). The Balaban J connectivity index is 1.48. The van der Waals surface area contributed by atoms with E-state index in [-0.39, 0.29) is 5.91 Å². The van der Waals surface area contributed by atoms with Gasteiger partial charge in [0.2, 0.25) is 11.1 Å². The molecule has 0 spiro atoms. The number of carbonyl (C=O) groups excluding carboxylic acids is 1. The molecule has 128 valence electrons. The maximum Gasteiger partial charge on any atom is 0.221 e. The number of nitrogens with zero attached hydrogens (tertiary/aromatic N) is 4. The van der Waals surface area contributed by atoms with E-state index < -0.39 is 0 Å². The molecule has 1 aromatic carbocycles. The highest BCUT2D eigenvalue weighted by molar-refractivity contribution is 7.99. The average molecular weight is 354 g/mol. The van der Waals surface area contributed by atoms with Gasteiger partial charge in [-0.05, 0) is 17.7 Å². The van der Waals surface area contributed by atoms with Crippen LogP contribution in [-0.2, 0) is 11.3 Å². The Morgan fingerprint density at radius 2 is 1.88 bits per heavy atom. The summed E-state index contributed by atoms with van der Waals surface area (Å²) >= 11 is 1.40. The largest absolute Gasteiger partial charge is 0.352 e. The number of aromatic nitrogens is 4. The molecule has 0 radical (unpaired) electrons. The number of hydrogen-bond acceptors (Lipinski definition) is 6. The van der Waals surface area contributed by atoms with Crippen molar-refractivity contribution in [2.75, 3.05) is 11.6 Å². The summed E-state index contributed by atoms with van der Waals surface area (Å²) in [5, 5.41) is 11.6. The average Bonchev–Trinajstić information content (AvgIpc) is 3.02. The van der Waals surface area contributed by atoms with Crippen molar-refractivity contribution in [3.05, 3.63) is 60.4 Å². The van der Waals surface area contributed by atoms with Crippen molar-refractivity contribution >= 4 is 17.7 Å². The van der Waals surface area contributed by atoms with E-state index in [4.69, 9.17) is 5.84 Å². The van der Waals surface area contributed by atoms with E-state index in [0.717, 1.165) is 11.1 Å². The van der Waals surface area contributed by atoms with E-state index >= 15 is 0 Å². The Labute approximate surface area is 149 Å². The fourth-order valence-electron chi connectivity index (χ4n) is 2.19. The number of nitrogen functional groups attached to an aromatic ring is 1. The Morgan fingerprint density at radius 3 is 2.64 bits per heavy atom. The minimum absolute atomic E-state index is 0.00574. The van der Waals surface area contributed by atoms with E-state index in [1.165, 1.54) is 16.4 Å². The Bertz CT molecular complexity index is 822. The fraction of sp³-hybridized carbons (Fsp3) is 0.176. The van der Waals surface area contributed by atoms with Crippen molar-refractivity contribution in [3.8, 4) is 11.4 Å². The Morgan fingerprint density at radius 1 is 1.12 bits per heavy atom. The van der Waals surface area contributed by atoms with Gasteiger partial charge in [0.15, 0.2) is 5.82 Å². The summed E-state index contributed by atoms with van der Waals surface area (Å²) in [5.41, 5.74) is 1.92. The van der Waals surface area contributed by atoms with Crippen LogP contribution in [0.3, 0.4) is 0 Å². The van der Waals surface area contributed by atoms with Gasteiger partial charge in [0.05, 0.1) is 0 Å². The van der Waals surface area contributed by atoms with Crippen LogP contribution in [-0.4, -0.2) is 31.5 Å². The normalized spacial score (nSPS) is 10.6. The lowest BCUT2D eigenvalue weighted by molar-refractivity contribution is -0.120. The third-order valence-corrected chi connectivity index (χ3v) is 4.44. The molecule has 2 heterocycles. The van der Waals surface area contributed by atoms with E-state index in [0.29, 0.717) is 29.7 Å². The van der Waals surface area contributed by atoms with Crippen LogP contribution in [0, 0.1) is 0 Å². The second kappa shape index (κ2) is 8.29. The van der Waals surface area contributed by atoms with Gasteiger partial charge in [0, 0.05) is 36.7 Å². The molecule has 1 amide bonds. The number of rotatable bonds is 7. The highest BCUT2D eigenvalue weighted by Crippen LogP contribution is 2.21. The first-order valence-corrected chi connectivity index (χ1v) is 8.77. The van der Waals surface area contributed by atoms with Gasteiger partial charge in [0.25, 0.3) is 0 Å². The van der Waals surface area contributed by atoms with Gasteiger partial charge in [-0.2, -0.15) is 0 Å². The van der Waals surface area contributed by atoms with Gasteiger partial charge in [-0.15, -0.1) is 10.2 Å². The van der Waals surface area contributed by atoms with Crippen molar-refractivity contribution in [1.29, 1.82) is 0 Å². The standard InChI is InChI=1S/C17H18N6OS/c18-23-16(14-6-9-19-10-7-14)21-22-17(23)25-11-8-15(24)20-12-13-4-2-1-3-5-13/h1-7,9-10H,8,11-12,18H2,(H,20,24). The van der Waals surface area contributed by atoms with Crippen LogP contribution in [0.2, 0.25) is 0 Å². The number of hydrogen-bond donors (Lipinski definition) is 2. The van der Waals surface area contributed by atoms with E-state index in [2.05, 4.69) is 20.5 Å². The van der Waals surface area contributed by atoms with Crippen molar-refractivity contribution in [1.82, 2.24) is 25.2 Å². The molecular formula is C17H18N6OS. The summed E-state index contributed by atoms with van der Waals surface area (Å²) in [6.45, 7) is 0.531. The first-order chi connectivity index (χ1) is 12.2. The van der Waals surface area contributed by atoms with Crippen LogP contribution in [0.5, 0.6) is 0 Å². The molecule has 0 aliphatic heterocycles. The van der Waals surface area contributed by atoms with Crippen LogP contribution >= 0.6 is 11.8 Å². The zero-order chi connectivity index (χ0) is 17.5. The third-order valence-electron chi connectivity index (χ3n) is 3.50. The summed E-state index contributed by atoms with van der Waals surface area (Å²) in [5.74, 6) is 7.17. The van der Waals surface area contributed by atoms with Crippen LogP contribution in [0.15, 0.2) is 60.0 Å². The molecule has 7 nitrogen and oxygen atoms in total. The van der Waals surface area contributed by atoms with E-state index in [1.807, 2.05) is 42.5 Å². The molecule has 3 aromatic rings. The maximum absolute atomic E-state index is 11.9. The van der Waals surface area contributed by atoms with Gasteiger partial charge < -0.3 is 11.2 Å². The zero-order valence-corrected chi connectivity index (χ0v) is 14.3. The lowest BCUT2D eigenvalue weighted by Gasteiger charge is -2.05. The summed E-state index contributed by atoms with van der Waals surface area (Å²) in [4.78, 5) is 15.9. The number of benzene rings is 1. The summed E-state index contributed by atoms with van der Waals surface area (Å²) < 4.78 is 1.43. The van der Waals surface area contributed by atoms with Gasteiger partial charge in [-0.3, -0.25) is 9.78 Å². The lowest BCUT2D eigenvalue weighted by atomic mass is 10.2. The zero-order valence-electron chi connectivity index (χ0n) is 13.5. The lowest BCUT2D eigenvalue weighted by Crippen LogP contribution is -2.23. The van der Waals surface area contributed by atoms with E-state index in [9.17, 15) is 4.79 Å². The quantitative estimate of drug-likeness (QED) is 0.496. The topological polar surface area (TPSA) is 98.7 Å². The highest BCUT2D eigenvalue weighted by Gasteiger charge is 2.12. The van der Waals surface area contributed by atoms with Crippen LogP contribution < -0.4 is 11.2 Å². The molecular weight excluding hydrogens is 336 g/mol. The molecule has 3 N–H and O–H groups in total. The van der Waals surface area contributed by atoms with E-state index in [1.54, 1.807) is 12.4 Å². The first-order valence-electron chi connectivity index (χ1n) is 7.78. The minimum atomic E-state index is -0.00574. The monoisotopic (exact) mass is 354 g/mol. The Kier molecular flexibility index (Phi) is 5.63. The Hall–Kier alpha value is -2.87. The predicted octanol–water partition coefficient (Wildman–Crippen LogP) is 1.85. The molecule has 0 unspecified atom stereocenters. The molecule has 0 saturated heterocycles.